The van der Waals surface area contributed by atoms with Crippen molar-refractivity contribution in [2.24, 2.45) is 0 Å². The first-order valence-electron chi connectivity index (χ1n) is 14.6. The van der Waals surface area contributed by atoms with Gasteiger partial charge in [-0.15, -0.1) is 19.7 Å². The van der Waals surface area contributed by atoms with E-state index in [1.807, 2.05) is 18.2 Å². The average molecular weight is 559 g/mol. The zero-order valence-electron chi connectivity index (χ0n) is 24.4. The molecule has 216 valence electrons. The Balaban J connectivity index is 1.81. The van der Waals surface area contributed by atoms with Crippen LogP contribution >= 0.6 is 0 Å². The summed E-state index contributed by atoms with van der Waals surface area (Å²) in [5, 5.41) is 0. The summed E-state index contributed by atoms with van der Waals surface area (Å²) in [5.41, 5.74) is 6.92. The van der Waals surface area contributed by atoms with Crippen LogP contribution in [0.25, 0.3) is 0 Å². The molecular formula is C39H42O3. The summed E-state index contributed by atoms with van der Waals surface area (Å²) in [6.07, 6.45) is 7.13. The van der Waals surface area contributed by atoms with Gasteiger partial charge < -0.3 is 14.2 Å². The van der Waals surface area contributed by atoms with E-state index in [1.165, 1.54) is 16.7 Å². The summed E-state index contributed by atoms with van der Waals surface area (Å²) in [7, 11) is 0. The highest BCUT2D eigenvalue weighted by Gasteiger charge is 2.23. The van der Waals surface area contributed by atoms with Gasteiger partial charge in [-0.25, -0.2) is 0 Å². The topological polar surface area (TPSA) is 27.7 Å². The summed E-state index contributed by atoms with van der Waals surface area (Å²) < 4.78 is 19.3. The Morgan fingerprint density at radius 1 is 0.429 bits per heavy atom. The van der Waals surface area contributed by atoms with E-state index in [-0.39, 0.29) is 18.3 Å². The molecule has 0 aliphatic carbocycles. The van der Waals surface area contributed by atoms with Crippen molar-refractivity contribution in [3.8, 4) is 0 Å². The lowest BCUT2D eigenvalue weighted by Crippen LogP contribution is -2.15. The summed E-state index contributed by atoms with van der Waals surface area (Å²) in [5.74, 6) is 0. The molecule has 0 spiro atoms. The molecule has 0 N–H and O–H groups in total. The average Bonchev–Trinajstić information content (AvgIpc) is 3.04. The van der Waals surface area contributed by atoms with E-state index in [4.69, 9.17) is 14.2 Å². The molecule has 0 aromatic heterocycles. The van der Waals surface area contributed by atoms with Crippen LogP contribution in [0.4, 0.5) is 0 Å². The molecular weight excluding hydrogens is 516 g/mol. The molecule has 42 heavy (non-hydrogen) atoms. The van der Waals surface area contributed by atoms with Gasteiger partial charge in [0.2, 0.25) is 0 Å². The van der Waals surface area contributed by atoms with Crippen LogP contribution in [0.15, 0.2) is 147 Å². The molecule has 0 amide bonds. The van der Waals surface area contributed by atoms with Crippen molar-refractivity contribution in [2.45, 2.75) is 37.6 Å². The largest absolute Gasteiger partial charge is 0.369 e. The van der Waals surface area contributed by atoms with Crippen molar-refractivity contribution in [1.82, 2.24) is 0 Å². The second-order valence-corrected chi connectivity index (χ2v) is 10.3. The van der Waals surface area contributed by atoms with E-state index in [0.29, 0.717) is 19.8 Å². The molecule has 3 nitrogen and oxygen atoms in total. The number of hydrogen-bond acceptors (Lipinski definition) is 3. The van der Waals surface area contributed by atoms with Crippen LogP contribution in [0.5, 0.6) is 0 Å². The van der Waals surface area contributed by atoms with Gasteiger partial charge in [0.1, 0.15) is 0 Å². The van der Waals surface area contributed by atoms with Crippen molar-refractivity contribution in [3.63, 3.8) is 0 Å². The fraction of sp³-hybridized carbons (Fsp3) is 0.231. The zero-order valence-corrected chi connectivity index (χ0v) is 24.4. The van der Waals surface area contributed by atoms with Crippen molar-refractivity contribution in [1.29, 1.82) is 0 Å². The third-order valence-corrected chi connectivity index (χ3v) is 7.15. The molecule has 0 saturated carbocycles. The van der Waals surface area contributed by atoms with Gasteiger partial charge in [0.05, 0.1) is 38.1 Å². The van der Waals surface area contributed by atoms with E-state index in [9.17, 15) is 0 Å². The SMILES string of the molecule is C=CCO[C@@H](Cc1ccccc1)c1cc([C@H](Cc2ccccc2)OCC=C)cc([C@H](Cc2ccccc2)OCC=C)c1. The van der Waals surface area contributed by atoms with Crippen LogP contribution < -0.4 is 0 Å². The quantitative estimate of drug-likeness (QED) is 0.114. The minimum atomic E-state index is -0.169. The molecule has 3 heteroatoms. The third-order valence-electron chi connectivity index (χ3n) is 7.15. The first kappa shape index (κ1) is 30.9. The monoisotopic (exact) mass is 558 g/mol. The Morgan fingerprint density at radius 2 is 0.690 bits per heavy atom. The van der Waals surface area contributed by atoms with Crippen LogP contribution in [0.1, 0.15) is 51.7 Å². The lowest BCUT2D eigenvalue weighted by atomic mass is 9.90. The van der Waals surface area contributed by atoms with Crippen LogP contribution in [0.2, 0.25) is 0 Å². The summed E-state index contributed by atoms with van der Waals surface area (Å²) in [6.45, 7) is 13.1. The van der Waals surface area contributed by atoms with Gasteiger partial charge in [-0.2, -0.15) is 0 Å². The van der Waals surface area contributed by atoms with Gasteiger partial charge in [0.25, 0.3) is 0 Å². The minimum Gasteiger partial charge on any atom is -0.369 e. The highest BCUT2D eigenvalue weighted by atomic mass is 16.5. The predicted octanol–water partition coefficient (Wildman–Crippen LogP) is 9.15. The molecule has 4 aromatic rings. The van der Waals surface area contributed by atoms with Gasteiger partial charge in [-0.3, -0.25) is 0 Å². The first-order chi connectivity index (χ1) is 20.7. The van der Waals surface area contributed by atoms with Gasteiger partial charge in [-0.05, 0) is 33.4 Å². The van der Waals surface area contributed by atoms with E-state index < -0.39 is 0 Å². The fourth-order valence-corrected chi connectivity index (χ4v) is 5.12. The highest BCUT2D eigenvalue weighted by molar-refractivity contribution is 5.37. The molecule has 0 saturated heterocycles. The van der Waals surface area contributed by atoms with Crippen LogP contribution in [0.3, 0.4) is 0 Å². The standard InChI is InChI=1S/C39H42O3/c1-4-22-40-37(25-31-16-10-7-11-17-31)34-28-35(38(41-23-5-2)26-32-18-12-8-13-19-32)30-36(29-34)39(42-24-6-3)27-33-20-14-9-15-21-33/h4-21,28-30,37-39H,1-3,22-27H2/t37-,38-,39-/m0/s1. The molecule has 0 unspecified atom stereocenters. The number of ether oxygens (including phenoxy) is 3. The minimum absolute atomic E-state index is 0.169. The molecule has 0 bridgehead atoms. The fourth-order valence-electron chi connectivity index (χ4n) is 5.12. The molecule has 0 heterocycles. The second-order valence-electron chi connectivity index (χ2n) is 10.3. The Kier molecular flexibility index (Phi) is 12.6. The van der Waals surface area contributed by atoms with Crippen molar-refractivity contribution < 1.29 is 14.2 Å². The van der Waals surface area contributed by atoms with Crippen molar-refractivity contribution >= 4 is 0 Å². The number of rotatable bonds is 18. The number of benzene rings is 4. The molecule has 4 rings (SSSR count). The van der Waals surface area contributed by atoms with Crippen LogP contribution in [-0.4, -0.2) is 19.8 Å². The van der Waals surface area contributed by atoms with Gasteiger partial charge in [-0.1, -0.05) is 127 Å². The Hall–Kier alpha value is -4.02. The Labute approximate surface area is 251 Å². The van der Waals surface area contributed by atoms with E-state index in [2.05, 4.69) is 111 Å². The van der Waals surface area contributed by atoms with Gasteiger partial charge >= 0.3 is 0 Å². The normalized spacial score (nSPS) is 13.1. The molecule has 0 radical (unpaired) electrons. The first-order valence-corrected chi connectivity index (χ1v) is 14.6. The van der Waals surface area contributed by atoms with Crippen molar-refractivity contribution in [2.75, 3.05) is 19.8 Å². The maximum absolute atomic E-state index is 6.42. The Bertz CT molecular complexity index is 1180. The lowest BCUT2D eigenvalue weighted by molar-refractivity contribution is 0.0648. The maximum Gasteiger partial charge on any atom is 0.0869 e. The summed E-state index contributed by atoms with van der Waals surface area (Å²) >= 11 is 0. The van der Waals surface area contributed by atoms with Gasteiger partial charge in [0, 0.05) is 19.3 Å². The molecule has 0 fully saturated rings. The van der Waals surface area contributed by atoms with Gasteiger partial charge in [0.15, 0.2) is 0 Å². The summed E-state index contributed by atoms with van der Waals surface area (Å²) in [6, 6.07) is 38.1. The molecule has 3 atom stereocenters. The molecule has 0 aliphatic rings. The van der Waals surface area contributed by atoms with Crippen LogP contribution in [-0.2, 0) is 33.5 Å². The molecule has 4 aromatic carbocycles. The van der Waals surface area contributed by atoms with E-state index in [0.717, 1.165) is 36.0 Å². The Morgan fingerprint density at radius 3 is 0.929 bits per heavy atom. The van der Waals surface area contributed by atoms with E-state index in [1.54, 1.807) is 18.2 Å². The zero-order chi connectivity index (χ0) is 29.4. The number of hydrogen-bond donors (Lipinski definition) is 0. The lowest BCUT2D eigenvalue weighted by Gasteiger charge is -2.26. The third kappa shape index (κ3) is 9.53. The summed E-state index contributed by atoms with van der Waals surface area (Å²) in [4.78, 5) is 0. The smallest absolute Gasteiger partial charge is 0.0869 e. The maximum atomic E-state index is 6.42. The highest BCUT2D eigenvalue weighted by Crippen LogP contribution is 2.34. The van der Waals surface area contributed by atoms with Crippen LogP contribution in [0, 0.1) is 0 Å². The predicted molar refractivity (Wildman–Crippen MR) is 174 cm³/mol. The molecule has 0 aliphatic heterocycles. The van der Waals surface area contributed by atoms with E-state index >= 15 is 0 Å². The second kappa shape index (κ2) is 17.1. The van der Waals surface area contributed by atoms with Crippen molar-refractivity contribution in [3.05, 3.63) is 181 Å².